The van der Waals surface area contributed by atoms with Gasteiger partial charge in [0.2, 0.25) is 5.91 Å². The van der Waals surface area contributed by atoms with Gasteiger partial charge in [0.1, 0.15) is 0 Å². The number of rotatable bonds is 8. The molecule has 1 heterocycles. The molecule has 32 heavy (non-hydrogen) atoms. The largest absolute Gasteiger partial charge is 0.478 e. The average Bonchev–Trinajstić information content (AvgIpc) is 3.01. The summed E-state index contributed by atoms with van der Waals surface area (Å²) >= 11 is 4.06. The summed E-state index contributed by atoms with van der Waals surface area (Å²) in [4.78, 5) is 49.6. The minimum Gasteiger partial charge on any atom is -0.478 e. The molecule has 0 spiro atoms. The fraction of sp³-hybridized carbons (Fsp3) is 0.217. The topological polar surface area (TPSA) is 104 Å². The number of hydrogen-bond acceptors (Lipinski definition) is 5. The molecule has 0 radical (unpaired) electrons. The molecule has 1 saturated heterocycles. The maximum Gasteiger partial charge on any atom is 0.336 e. The first-order valence-electron chi connectivity index (χ1n) is 9.95. The number of aromatic carboxylic acids is 1. The molecule has 1 fully saturated rings. The molecule has 3 amide bonds. The zero-order valence-corrected chi connectivity index (χ0v) is 19.7. The lowest BCUT2D eigenvalue weighted by atomic mass is 10.1. The van der Waals surface area contributed by atoms with E-state index in [1.165, 1.54) is 23.8 Å². The van der Waals surface area contributed by atoms with E-state index < -0.39 is 5.97 Å². The number of imide groups is 1. The molecule has 0 unspecified atom stereocenters. The molecule has 3 rings (SSSR count). The molecule has 166 valence electrons. The van der Waals surface area contributed by atoms with Gasteiger partial charge in [-0.15, -0.1) is 0 Å². The first kappa shape index (κ1) is 23.7. The molecular formula is C23H21BrN2O5S. The van der Waals surface area contributed by atoms with Crippen LogP contribution in [-0.2, 0) is 16.0 Å². The maximum atomic E-state index is 12.6. The molecule has 0 aromatic heterocycles. The van der Waals surface area contributed by atoms with Gasteiger partial charge in [-0.05, 0) is 75.9 Å². The van der Waals surface area contributed by atoms with Gasteiger partial charge in [-0.3, -0.25) is 19.3 Å². The number of aryl methyl sites for hydroxylation is 1. The van der Waals surface area contributed by atoms with Crippen LogP contribution >= 0.6 is 27.7 Å². The first-order valence-corrected chi connectivity index (χ1v) is 11.6. The number of hydrogen-bond donors (Lipinski definition) is 2. The lowest BCUT2D eigenvalue weighted by molar-refractivity contribution is -0.123. The van der Waals surface area contributed by atoms with Crippen molar-refractivity contribution in [3.63, 3.8) is 0 Å². The van der Waals surface area contributed by atoms with E-state index in [9.17, 15) is 19.2 Å². The fourth-order valence-corrected chi connectivity index (χ4v) is 4.49. The maximum absolute atomic E-state index is 12.6. The molecular weight excluding hydrogens is 496 g/mol. The molecule has 0 bridgehead atoms. The van der Waals surface area contributed by atoms with E-state index in [1.54, 1.807) is 6.08 Å². The summed E-state index contributed by atoms with van der Waals surface area (Å²) in [5.41, 5.74) is 2.60. The molecule has 2 aromatic carbocycles. The standard InChI is InChI=1S/C23H21BrN2O5S/c1-2-14-5-7-15(8-6-14)12-19-21(28)26(23(31)32-19)11-3-4-20(27)25-16-9-10-17(22(29)30)18(24)13-16/h5-10,12-13H,2-4,11H2,1H3,(H,25,27)(H,29,30)/b19-12-. The van der Waals surface area contributed by atoms with Crippen LogP contribution in [-0.4, -0.2) is 39.6 Å². The normalized spacial score (nSPS) is 14.8. The van der Waals surface area contributed by atoms with Gasteiger partial charge in [-0.25, -0.2) is 4.79 Å². The molecule has 7 nitrogen and oxygen atoms in total. The van der Waals surface area contributed by atoms with E-state index in [0.717, 1.165) is 28.6 Å². The van der Waals surface area contributed by atoms with Crippen LogP contribution in [0.3, 0.4) is 0 Å². The smallest absolute Gasteiger partial charge is 0.336 e. The Morgan fingerprint density at radius 3 is 2.50 bits per heavy atom. The number of thioether (sulfide) groups is 1. The third kappa shape index (κ3) is 5.86. The van der Waals surface area contributed by atoms with Crippen molar-refractivity contribution < 1.29 is 24.3 Å². The number of anilines is 1. The van der Waals surface area contributed by atoms with Crippen LogP contribution < -0.4 is 5.32 Å². The Kier molecular flexibility index (Phi) is 7.87. The van der Waals surface area contributed by atoms with Crippen LogP contribution in [0.2, 0.25) is 0 Å². The van der Waals surface area contributed by atoms with E-state index in [-0.39, 0.29) is 35.6 Å². The summed E-state index contributed by atoms with van der Waals surface area (Å²) in [5, 5.41) is 11.4. The highest BCUT2D eigenvalue weighted by atomic mass is 79.9. The monoisotopic (exact) mass is 516 g/mol. The molecule has 1 aliphatic heterocycles. The minimum atomic E-state index is -1.07. The molecule has 1 aliphatic rings. The number of carbonyl (C=O) groups excluding carboxylic acids is 3. The third-order valence-electron chi connectivity index (χ3n) is 4.83. The lowest BCUT2D eigenvalue weighted by Crippen LogP contribution is -2.29. The molecule has 0 aliphatic carbocycles. The molecule has 2 aromatic rings. The van der Waals surface area contributed by atoms with Crippen molar-refractivity contribution >= 4 is 62.5 Å². The van der Waals surface area contributed by atoms with E-state index in [0.29, 0.717) is 21.5 Å². The predicted octanol–water partition coefficient (Wildman–Crippen LogP) is 5.16. The Labute approximate surface area is 198 Å². The van der Waals surface area contributed by atoms with Gasteiger partial charge in [-0.1, -0.05) is 31.2 Å². The van der Waals surface area contributed by atoms with Crippen molar-refractivity contribution in [3.8, 4) is 0 Å². The van der Waals surface area contributed by atoms with E-state index in [4.69, 9.17) is 5.11 Å². The molecule has 0 saturated carbocycles. The first-order chi connectivity index (χ1) is 15.3. The van der Waals surface area contributed by atoms with Crippen molar-refractivity contribution in [2.75, 3.05) is 11.9 Å². The second-order valence-corrected chi connectivity index (χ2v) is 8.93. The second-order valence-electron chi connectivity index (χ2n) is 7.08. The van der Waals surface area contributed by atoms with Gasteiger partial charge in [0.25, 0.3) is 11.1 Å². The van der Waals surface area contributed by atoms with Gasteiger partial charge in [-0.2, -0.15) is 0 Å². The second kappa shape index (κ2) is 10.6. The number of nitrogens with zero attached hydrogens (tertiary/aromatic N) is 1. The van der Waals surface area contributed by atoms with E-state index >= 15 is 0 Å². The predicted molar refractivity (Wildman–Crippen MR) is 127 cm³/mol. The van der Waals surface area contributed by atoms with Crippen LogP contribution in [0.1, 0.15) is 41.3 Å². The van der Waals surface area contributed by atoms with Crippen LogP contribution in [0, 0.1) is 0 Å². The van der Waals surface area contributed by atoms with Crippen LogP contribution in [0.25, 0.3) is 6.08 Å². The fourth-order valence-electron chi connectivity index (χ4n) is 3.08. The van der Waals surface area contributed by atoms with Crippen molar-refractivity contribution in [3.05, 3.63) is 68.5 Å². The zero-order chi connectivity index (χ0) is 23.3. The van der Waals surface area contributed by atoms with Gasteiger partial charge in [0.15, 0.2) is 0 Å². The lowest BCUT2D eigenvalue weighted by Gasteiger charge is -2.12. The van der Waals surface area contributed by atoms with Crippen LogP contribution in [0.15, 0.2) is 51.8 Å². The highest BCUT2D eigenvalue weighted by Crippen LogP contribution is 2.32. The Morgan fingerprint density at radius 2 is 1.88 bits per heavy atom. The summed E-state index contributed by atoms with van der Waals surface area (Å²) in [6.07, 6.45) is 3.05. The highest BCUT2D eigenvalue weighted by molar-refractivity contribution is 9.10. The van der Waals surface area contributed by atoms with Crippen molar-refractivity contribution in [2.45, 2.75) is 26.2 Å². The zero-order valence-electron chi connectivity index (χ0n) is 17.3. The average molecular weight is 517 g/mol. The Balaban J connectivity index is 1.53. The number of carboxylic acid groups (broad SMARTS) is 1. The number of halogens is 1. The Morgan fingerprint density at radius 1 is 1.16 bits per heavy atom. The quantitative estimate of drug-likeness (QED) is 0.469. The summed E-state index contributed by atoms with van der Waals surface area (Å²) in [6.45, 7) is 2.21. The number of nitrogens with one attached hydrogen (secondary N) is 1. The Bertz CT molecular complexity index is 1100. The molecule has 2 N–H and O–H groups in total. The SMILES string of the molecule is CCc1ccc(/C=C2\SC(=O)N(CCCC(=O)Nc3ccc(C(=O)O)c(Br)c3)C2=O)cc1. The molecule has 9 heteroatoms. The minimum absolute atomic E-state index is 0.0942. The number of benzene rings is 2. The number of carboxylic acids is 1. The van der Waals surface area contributed by atoms with Gasteiger partial charge >= 0.3 is 5.97 Å². The highest BCUT2D eigenvalue weighted by Gasteiger charge is 2.34. The summed E-state index contributed by atoms with van der Waals surface area (Å²) < 4.78 is 0.358. The van der Waals surface area contributed by atoms with Gasteiger partial charge in [0.05, 0.1) is 10.5 Å². The van der Waals surface area contributed by atoms with Gasteiger partial charge in [0, 0.05) is 23.1 Å². The van der Waals surface area contributed by atoms with E-state index in [1.807, 2.05) is 24.3 Å². The van der Waals surface area contributed by atoms with Crippen molar-refractivity contribution in [1.29, 1.82) is 0 Å². The summed E-state index contributed by atoms with van der Waals surface area (Å²) in [5.74, 6) is -1.72. The van der Waals surface area contributed by atoms with Crippen molar-refractivity contribution in [2.24, 2.45) is 0 Å². The number of amides is 3. The summed E-state index contributed by atoms with van der Waals surface area (Å²) in [7, 11) is 0. The summed E-state index contributed by atoms with van der Waals surface area (Å²) in [6, 6.07) is 12.2. The van der Waals surface area contributed by atoms with Crippen molar-refractivity contribution in [1.82, 2.24) is 4.90 Å². The van der Waals surface area contributed by atoms with E-state index in [2.05, 4.69) is 28.2 Å². The van der Waals surface area contributed by atoms with Crippen LogP contribution in [0.4, 0.5) is 10.5 Å². The molecule has 0 atom stereocenters. The third-order valence-corrected chi connectivity index (χ3v) is 6.39. The number of carbonyl (C=O) groups is 4. The van der Waals surface area contributed by atoms with Gasteiger partial charge < -0.3 is 10.4 Å². The Hall–Kier alpha value is -2.91. The van der Waals surface area contributed by atoms with Crippen LogP contribution in [0.5, 0.6) is 0 Å².